The van der Waals surface area contributed by atoms with Crippen LogP contribution < -0.4 is 14.8 Å². The van der Waals surface area contributed by atoms with Crippen LogP contribution in [0.2, 0.25) is 0 Å². The number of amides is 2. The zero-order valence-electron chi connectivity index (χ0n) is 22.7. The molecule has 1 aliphatic rings. The van der Waals surface area contributed by atoms with Crippen molar-refractivity contribution in [2.75, 3.05) is 14.2 Å². The molecule has 1 aliphatic carbocycles. The SMILES string of the molecule is COc1ccc(-c2nnn(CC(=O)N(Cc3cccs3)C(C(=O)NC3CCCC3)c3ccc(C)o3)n2)cc1OC. The number of thiophene rings is 1. The molecule has 12 heteroatoms. The lowest BCUT2D eigenvalue weighted by atomic mass is 10.1. The highest BCUT2D eigenvalue weighted by atomic mass is 32.1. The molecular formula is C28H32N6O5S. The average Bonchev–Trinajstić information content (AvgIpc) is 3.77. The summed E-state index contributed by atoms with van der Waals surface area (Å²) >= 11 is 1.52. The minimum atomic E-state index is -0.947. The molecule has 2 amide bonds. The quantitative estimate of drug-likeness (QED) is 0.288. The van der Waals surface area contributed by atoms with E-state index in [2.05, 4.69) is 20.7 Å². The Hall–Kier alpha value is -4.19. The highest BCUT2D eigenvalue weighted by molar-refractivity contribution is 7.09. The van der Waals surface area contributed by atoms with Crippen LogP contribution in [0.15, 0.2) is 52.3 Å². The average molecular weight is 565 g/mol. The summed E-state index contributed by atoms with van der Waals surface area (Å²) in [6, 6.07) is 11.8. The number of aryl methyl sites for hydroxylation is 1. The van der Waals surface area contributed by atoms with E-state index in [9.17, 15) is 9.59 Å². The Labute approximate surface area is 236 Å². The van der Waals surface area contributed by atoms with Gasteiger partial charge in [0.2, 0.25) is 11.7 Å². The minimum Gasteiger partial charge on any atom is -0.493 e. The molecule has 3 heterocycles. The second-order valence-corrected chi connectivity index (χ2v) is 10.7. The Morgan fingerprint density at radius 2 is 1.95 bits per heavy atom. The first-order valence-electron chi connectivity index (χ1n) is 13.1. The van der Waals surface area contributed by atoms with E-state index in [1.54, 1.807) is 44.6 Å². The van der Waals surface area contributed by atoms with Crippen molar-refractivity contribution in [3.63, 3.8) is 0 Å². The Balaban J connectivity index is 1.42. The van der Waals surface area contributed by atoms with E-state index >= 15 is 0 Å². The van der Waals surface area contributed by atoms with Crippen LogP contribution in [0.25, 0.3) is 11.4 Å². The number of tetrazole rings is 1. The van der Waals surface area contributed by atoms with Crippen molar-refractivity contribution in [1.82, 2.24) is 30.4 Å². The minimum absolute atomic E-state index is 0.0887. The molecule has 0 aliphatic heterocycles. The van der Waals surface area contributed by atoms with E-state index < -0.39 is 6.04 Å². The topological polar surface area (TPSA) is 125 Å². The molecule has 210 valence electrons. The van der Waals surface area contributed by atoms with Crippen LogP contribution in [0.3, 0.4) is 0 Å². The largest absolute Gasteiger partial charge is 0.493 e. The third-order valence-electron chi connectivity index (χ3n) is 6.89. The molecule has 3 aromatic heterocycles. The number of ether oxygens (including phenoxy) is 2. The van der Waals surface area contributed by atoms with E-state index in [0.29, 0.717) is 34.4 Å². The Bertz CT molecular complexity index is 1440. The van der Waals surface area contributed by atoms with E-state index in [0.717, 1.165) is 30.6 Å². The number of furan rings is 1. The molecule has 0 saturated heterocycles. The molecule has 1 saturated carbocycles. The van der Waals surface area contributed by atoms with Gasteiger partial charge in [-0.3, -0.25) is 9.59 Å². The molecule has 0 radical (unpaired) electrons. The molecule has 1 fully saturated rings. The molecule has 1 atom stereocenters. The van der Waals surface area contributed by atoms with Crippen molar-refractivity contribution in [2.24, 2.45) is 0 Å². The first kappa shape index (κ1) is 27.4. The van der Waals surface area contributed by atoms with Gasteiger partial charge in [-0.2, -0.15) is 4.80 Å². The summed E-state index contributed by atoms with van der Waals surface area (Å²) < 4.78 is 16.6. The summed E-state index contributed by atoms with van der Waals surface area (Å²) in [6.45, 7) is 1.84. The molecule has 1 unspecified atom stereocenters. The van der Waals surface area contributed by atoms with E-state index in [-0.39, 0.29) is 30.9 Å². The third-order valence-corrected chi connectivity index (χ3v) is 7.75. The normalized spacial score (nSPS) is 14.2. The molecular weight excluding hydrogens is 532 g/mol. The summed E-state index contributed by atoms with van der Waals surface area (Å²) in [6.07, 6.45) is 4.01. The van der Waals surface area contributed by atoms with Gasteiger partial charge in [0.25, 0.3) is 5.91 Å². The summed E-state index contributed by atoms with van der Waals surface area (Å²) in [5, 5.41) is 17.8. The lowest BCUT2D eigenvalue weighted by molar-refractivity contribution is -0.143. The number of rotatable bonds is 11. The van der Waals surface area contributed by atoms with Crippen LogP contribution in [0, 0.1) is 6.92 Å². The van der Waals surface area contributed by atoms with Crippen LogP contribution in [-0.2, 0) is 22.7 Å². The first-order chi connectivity index (χ1) is 19.4. The lowest BCUT2D eigenvalue weighted by Crippen LogP contribution is -2.46. The molecule has 4 aromatic rings. The van der Waals surface area contributed by atoms with Gasteiger partial charge in [-0.25, -0.2) is 0 Å². The molecule has 0 spiro atoms. The maximum absolute atomic E-state index is 13.9. The number of benzene rings is 1. The number of methoxy groups -OCH3 is 2. The zero-order chi connectivity index (χ0) is 28.1. The van der Waals surface area contributed by atoms with E-state index in [4.69, 9.17) is 13.9 Å². The predicted molar refractivity (Wildman–Crippen MR) is 148 cm³/mol. The summed E-state index contributed by atoms with van der Waals surface area (Å²) in [5.41, 5.74) is 0.659. The van der Waals surface area contributed by atoms with Gasteiger partial charge in [-0.15, -0.1) is 21.5 Å². The number of hydrogen-bond donors (Lipinski definition) is 1. The smallest absolute Gasteiger partial charge is 0.250 e. The van der Waals surface area contributed by atoms with Gasteiger partial charge in [0.1, 0.15) is 18.1 Å². The zero-order valence-corrected chi connectivity index (χ0v) is 23.5. The number of carbonyl (C=O) groups is 2. The molecule has 1 N–H and O–H groups in total. The fraction of sp³-hybridized carbons (Fsp3) is 0.393. The van der Waals surface area contributed by atoms with Crippen molar-refractivity contribution in [1.29, 1.82) is 0 Å². The Morgan fingerprint density at radius 3 is 2.62 bits per heavy atom. The second kappa shape index (κ2) is 12.3. The van der Waals surface area contributed by atoms with Gasteiger partial charge >= 0.3 is 0 Å². The van der Waals surface area contributed by atoms with Gasteiger partial charge in [0.15, 0.2) is 17.5 Å². The molecule has 1 aromatic carbocycles. The number of aromatic nitrogens is 4. The van der Waals surface area contributed by atoms with Gasteiger partial charge in [-0.05, 0) is 66.8 Å². The van der Waals surface area contributed by atoms with Crippen molar-refractivity contribution in [3.8, 4) is 22.9 Å². The predicted octanol–water partition coefficient (Wildman–Crippen LogP) is 4.15. The third kappa shape index (κ3) is 6.17. The highest BCUT2D eigenvalue weighted by Gasteiger charge is 2.36. The number of carbonyl (C=O) groups excluding carboxylic acids is 2. The molecule has 11 nitrogen and oxygen atoms in total. The van der Waals surface area contributed by atoms with Crippen LogP contribution in [0.5, 0.6) is 11.5 Å². The van der Waals surface area contributed by atoms with Crippen molar-refractivity contribution in [2.45, 2.75) is 57.8 Å². The number of hydrogen-bond acceptors (Lipinski definition) is 9. The van der Waals surface area contributed by atoms with Gasteiger partial charge in [0, 0.05) is 16.5 Å². The van der Waals surface area contributed by atoms with Gasteiger partial charge in [0.05, 0.1) is 20.8 Å². The Kier molecular flexibility index (Phi) is 8.44. The van der Waals surface area contributed by atoms with Crippen LogP contribution in [0.4, 0.5) is 0 Å². The van der Waals surface area contributed by atoms with E-state index in [1.165, 1.54) is 21.0 Å². The Morgan fingerprint density at radius 1 is 1.15 bits per heavy atom. The van der Waals surface area contributed by atoms with Crippen molar-refractivity contribution >= 4 is 23.2 Å². The number of nitrogens with one attached hydrogen (secondary N) is 1. The fourth-order valence-corrected chi connectivity index (χ4v) is 5.58. The number of nitrogens with zero attached hydrogens (tertiary/aromatic N) is 5. The highest BCUT2D eigenvalue weighted by Crippen LogP contribution is 2.31. The van der Waals surface area contributed by atoms with Crippen LogP contribution in [-0.4, -0.2) is 57.2 Å². The fourth-order valence-electron chi connectivity index (χ4n) is 4.88. The van der Waals surface area contributed by atoms with Crippen LogP contribution >= 0.6 is 11.3 Å². The maximum atomic E-state index is 13.9. The second-order valence-electron chi connectivity index (χ2n) is 9.66. The molecule has 0 bridgehead atoms. The van der Waals surface area contributed by atoms with E-state index in [1.807, 2.05) is 24.4 Å². The molecule has 40 heavy (non-hydrogen) atoms. The first-order valence-corrected chi connectivity index (χ1v) is 14.0. The monoisotopic (exact) mass is 564 g/mol. The van der Waals surface area contributed by atoms with Gasteiger partial charge < -0.3 is 24.1 Å². The van der Waals surface area contributed by atoms with Crippen LogP contribution in [0.1, 0.15) is 48.1 Å². The maximum Gasteiger partial charge on any atom is 0.250 e. The van der Waals surface area contributed by atoms with Crippen molar-refractivity contribution in [3.05, 3.63) is 64.2 Å². The summed E-state index contributed by atoms with van der Waals surface area (Å²) in [7, 11) is 3.11. The lowest BCUT2D eigenvalue weighted by Gasteiger charge is -2.30. The standard InChI is InChI=1S/C28H32N6O5S/c1-18-10-12-23(39-18)26(28(36)29-20-7-4-5-8-20)33(16-21-9-6-14-40-21)25(35)17-34-31-27(30-32-34)19-11-13-22(37-2)24(15-19)38-3/h6,9-15,20,26H,4-5,7-8,16-17H2,1-3H3,(H,29,36). The van der Waals surface area contributed by atoms with Crippen molar-refractivity contribution < 1.29 is 23.5 Å². The summed E-state index contributed by atoms with van der Waals surface area (Å²) in [4.78, 5) is 31.3. The van der Waals surface area contributed by atoms with Gasteiger partial charge in [-0.1, -0.05) is 18.9 Å². The summed E-state index contributed by atoms with van der Waals surface area (Å²) in [5.74, 6) is 1.91. The molecule has 5 rings (SSSR count).